The number of aromatic amines is 1. The van der Waals surface area contributed by atoms with Crippen LogP contribution in [0.4, 0.5) is 5.69 Å². The van der Waals surface area contributed by atoms with Gasteiger partial charge in [0.2, 0.25) is 6.79 Å². The van der Waals surface area contributed by atoms with Gasteiger partial charge in [-0.25, -0.2) is 0 Å². The summed E-state index contributed by atoms with van der Waals surface area (Å²) < 4.78 is 27.6. The van der Waals surface area contributed by atoms with Crippen molar-refractivity contribution in [3.63, 3.8) is 0 Å². The SMILES string of the molecule is COc1ccc(NC(=S)N(Cc2ccc3c(c2)OCO3)Cc2cc3cc4c(cc3[nH]c2=O)OCCO4)cc1. The molecule has 0 spiro atoms. The van der Waals surface area contributed by atoms with Crippen molar-refractivity contribution in [2.45, 2.75) is 13.1 Å². The number of rotatable bonds is 6. The number of methoxy groups -OCH3 is 1. The predicted molar refractivity (Wildman–Crippen MR) is 147 cm³/mol. The molecule has 2 aliphatic heterocycles. The smallest absolute Gasteiger partial charge is 0.253 e. The second-order valence-corrected chi connectivity index (χ2v) is 9.30. The molecule has 0 saturated carbocycles. The van der Waals surface area contributed by atoms with Crippen LogP contribution >= 0.6 is 12.2 Å². The normalized spacial score (nSPS) is 13.3. The number of nitrogens with zero attached hydrogens (tertiary/aromatic N) is 1. The van der Waals surface area contributed by atoms with Crippen molar-refractivity contribution in [2.24, 2.45) is 0 Å². The molecule has 9 nitrogen and oxygen atoms in total. The summed E-state index contributed by atoms with van der Waals surface area (Å²) in [5.74, 6) is 3.43. The van der Waals surface area contributed by atoms with Crippen LogP contribution in [0.5, 0.6) is 28.7 Å². The van der Waals surface area contributed by atoms with Crippen molar-refractivity contribution >= 4 is 33.9 Å². The van der Waals surface area contributed by atoms with E-state index < -0.39 is 0 Å². The maximum Gasteiger partial charge on any atom is 0.253 e. The Balaban J connectivity index is 1.31. The quantitative estimate of drug-likeness (QED) is 0.350. The van der Waals surface area contributed by atoms with Crippen molar-refractivity contribution in [1.29, 1.82) is 0 Å². The summed E-state index contributed by atoms with van der Waals surface area (Å²) in [7, 11) is 1.62. The average Bonchev–Trinajstić information content (AvgIpc) is 3.40. The van der Waals surface area contributed by atoms with Gasteiger partial charge < -0.3 is 38.9 Å². The van der Waals surface area contributed by atoms with Gasteiger partial charge in [-0.1, -0.05) is 6.07 Å². The Bertz CT molecular complexity index is 1570. The number of benzene rings is 3. The first-order valence-electron chi connectivity index (χ1n) is 12.1. The van der Waals surface area contributed by atoms with Crippen molar-refractivity contribution in [3.05, 3.63) is 82.1 Å². The Labute approximate surface area is 223 Å². The van der Waals surface area contributed by atoms with Gasteiger partial charge in [-0.15, -0.1) is 0 Å². The van der Waals surface area contributed by atoms with Gasteiger partial charge in [0.1, 0.15) is 19.0 Å². The fraction of sp³-hybridized carbons (Fsp3) is 0.214. The summed E-state index contributed by atoms with van der Waals surface area (Å²) in [6.07, 6.45) is 0. The molecule has 4 aromatic rings. The third-order valence-electron chi connectivity index (χ3n) is 6.38. The molecule has 0 aliphatic carbocycles. The van der Waals surface area contributed by atoms with Gasteiger partial charge in [-0.3, -0.25) is 4.79 Å². The van der Waals surface area contributed by atoms with Crippen LogP contribution in [0.1, 0.15) is 11.1 Å². The second-order valence-electron chi connectivity index (χ2n) is 8.91. The molecule has 0 atom stereocenters. The van der Waals surface area contributed by atoms with E-state index in [9.17, 15) is 4.79 Å². The topological polar surface area (TPSA) is 94.3 Å². The highest BCUT2D eigenvalue weighted by atomic mass is 32.1. The van der Waals surface area contributed by atoms with E-state index in [2.05, 4.69) is 10.3 Å². The highest BCUT2D eigenvalue weighted by Crippen LogP contribution is 2.34. The van der Waals surface area contributed by atoms with E-state index in [1.54, 1.807) is 13.2 Å². The van der Waals surface area contributed by atoms with Gasteiger partial charge in [0.05, 0.1) is 19.2 Å². The Hall–Kier alpha value is -4.44. The van der Waals surface area contributed by atoms with E-state index in [-0.39, 0.29) is 18.9 Å². The number of hydrogen-bond acceptors (Lipinski definition) is 7. The largest absolute Gasteiger partial charge is 0.497 e. The number of pyridine rings is 1. The number of thiocarbonyl (C=S) groups is 1. The molecule has 6 rings (SSSR count). The lowest BCUT2D eigenvalue weighted by atomic mass is 10.1. The summed E-state index contributed by atoms with van der Waals surface area (Å²) in [6.45, 7) is 1.88. The second kappa shape index (κ2) is 10.1. The van der Waals surface area contributed by atoms with E-state index in [4.69, 9.17) is 35.9 Å². The first kappa shape index (κ1) is 23.9. The molecule has 2 aliphatic rings. The minimum Gasteiger partial charge on any atom is -0.497 e. The van der Waals surface area contributed by atoms with Gasteiger partial charge in [0.15, 0.2) is 28.1 Å². The van der Waals surface area contributed by atoms with Gasteiger partial charge in [-0.05, 0) is 66.3 Å². The van der Waals surface area contributed by atoms with Crippen LogP contribution in [0.2, 0.25) is 0 Å². The highest BCUT2D eigenvalue weighted by Gasteiger charge is 2.19. The zero-order valence-electron chi connectivity index (χ0n) is 20.6. The number of ether oxygens (including phenoxy) is 5. The Kier molecular flexibility index (Phi) is 6.38. The molecule has 0 saturated heterocycles. The highest BCUT2D eigenvalue weighted by molar-refractivity contribution is 7.80. The number of hydrogen-bond donors (Lipinski definition) is 2. The summed E-state index contributed by atoms with van der Waals surface area (Å²) in [5.41, 5.74) is 2.82. The number of aromatic nitrogens is 1. The van der Waals surface area contributed by atoms with E-state index >= 15 is 0 Å². The summed E-state index contributed by atoms with van der Waals surface area (Å²) in [6, 6.07) is 18.8. The maximum atomic E-state index is 13.1. The lowest BCUT2D eigenvalue weighted by molar-refractivity contribution is 0.172. The van der Waals surface area contributed by atoms with Gasteiger partial charge >= 0.3 is 0 Å². The van der Waals surface area contributed by atoms with Crippen molar-refractivity contribution < 1.29 is 23.7 Å². The maximum absolute atomic E-state index is 13.1. The molecule has 0 radical (unpaired) electrons. The molecular weight excluding hydrogens is 506 g/mol. The molecule has 0 unspecified atom stereocenters. The van der Waals surface area contributed by atoms with Crippen LogP contribution in [-0.4, -0.2) is 42.1 Å². The van der Waals surface area contributed by atoms with E-state index in [1.807, 2.05) is 59.5 Å². The van der Waals surface area contributed by atoms with E-state index in [0.717, 1.165) is 22.4 Å². The first-order chi connectivity index (χ1) is 18.6. The fourth-order valence-corrected chi connectivity index (χ4v) is 4.69. The molecular formula is C28H25N3O6S. The Morgan fingerprint density at radius 1 is 0.921 bits per heavy atom. The molecule has 38 heavy (non-hydrogen) atoms. The van der Waals surface area contributed by atoms with Crippen LogP contribution in [0.15, 0.2) is 65.5 Å². The van der Waals surface area contributed by atoms with Crippen LogP contribution in [0.25, 0.3) is 10.9 Å². The Morgan fingerprint density at radius 2 is 1.66 bits per heavy atom. The lowest BCUT2D eigenvalue weighted by Gasteiger charge is -2.26. The molecule has 194 valence electrons. The molecule has 2 N–H and O–H groups in total. The summed E-state index contributed by atoms with van der Waals surface area (Å²) in [5, 5.41) is 4.60. The standard InChI is InChI=1S/C28H25N3O6S/c1-33-21-5-3-20(4-6-21)29-28(38)31(14-17-2-7-23-24(10-17)37-16-36-23)15-19-11-18-12-25-26(35-9-8-34-25)13-22(18)30-27(19)32/h2-7,10-13H,8-9,14-16H2,1H3,(H,29,38)(H,30,32). The number of H-pyrrole nitrogens is 1. The monoisotopic (exact) mass is 531 g/mol. The third kappa shape index (κ3) is 4.90. The zero-order chi connectivity index (χ0) is 26.1. The summed E-state index contributed by atoms with van der Waals surface area (Å²) in [4.78, 5) is 18.0. The van der Waals surface area contributed by atoms with E-state index in [0.29, 0.717) is 58.9 Å². The first-order valence-corrected chi connectivity index (χ1v) is 12.5. The number of nitrogens with one attached hydrogen (secondary N) is 2. The van der Waals surface area contributed by atoms with Crippen molar-refractivity contribution in [1.82, 2.24) is 9.88 Å². The Morgan fingerprint density at radius 3 is 2.45 bits per heavy atom. The molecule has 0 fully saturated rings. The molecule has 10 heteroatoms. The number of anilines is 1. The average molecular weight is 532 g/mol. The van der Waals surface area contributed by atoms with Crippen LogP contribution < -0.4 is 34.6 Å². The van der Waals surface area contributed by atoms with Crippen LogP contribution in [0.3, 0.4) is 0 Å². The van der Waals surface area contributed by atoms with Crippen LogP contribution in [-0.2, 0) is 13.1 Å². The molecule has 3 heterocycles. The van der Waals surface area contributed by atoms with Gasteiger partial charge in [-0.2, -0.15) is 0 Å². The van der Waals surface area contributed by atoms with Crippen molar-refractivity contribution in [3.8, 4) is 28.7 Å². The number of fused-ring (bicyclic) bond motifs is 3. The molecule has 1 aromatic heterocycles. The minimum absolute atomic E-state index is 0.197. The van der Waals surface area contributed by atoms with Gasteiger partial charge in [0, 0.05) is 29.2 Å². The summed E-state index contributed by atoms with van der Waals surface area (Å²) >= 11 is 5.81. The van der Waals surface area contributed by atoms with Crippen molar-refractivity contribution in [2.75, 3.05) is 32.4 Å². The molecule has 3 aromatic carbocycles. The minimum atomic E-state index is -0.197. The predicted octanol–water partition coefficient (Wildman–Crippen LogP) is 4.44. The van der Waals surface area contributed by atoms with Gasteiger partial charge in [0.25, 0.3) is 5.56 Å². The fourth-order valence-electron chi connectivity index (χ4n) is 4.45. The van der Waals surface area contributed by atoms with E-state index in [1.165, 1.54) is 0 Å². The molecule has 0 amide bonds. The zero-order valence-corrected chi connectivity index (χ0v) is 21.4. The molecule has 0 bridgehead atoms. The lowest BCUT2D eigenvalue weighted by Crippen LogP contribution is -2.35. The van der Waals surface area contributed by atoms with Crippen LogP contribution in [0, 0.1) is 0 Å². The third-order valence-corrected chi connectivity index (χ3v) is 6.74.